The molecule has 1 aliphatic heterocycles. The van der Waals surface area contributed by atoms with E-state index in [9.17, 15) is 0 Å². The van der Waals surface area contributed by atoms with Gasteiger partial charge in [0.25, 0.3) is 0 Å². The lowest BCUT2D eigenvalue weighted by Crippen LogP contribution is -2.31. The highest BCUT2D eigenvalue weighted by Crippen LogP contribution is 2.26. The molecule has 0 aliphatic carbocycles. The first-order valence-corrected chi connectivity index (χ1v) is 9.94. The molecular formula is C23H21ClN4. The van der Waals surface area contributed by atoms with E-state index in [-0.39, 0.29) is 0 Å². The van der Waals surface area contributed by atoms with Crippen molar-refractivity contribution in [1.29, 1.82) is 0 Å². The van der Waals surface area contributed by atoms with Gasteiger partial charge in [0, 0.05) is 53.5 Å². The quantitative estimate of drug-likeness (QED) is 0.528. The van der Waals surface area contributed by atoms with Gasteiger partial charge in [-0.1, -0.05) is 29.8 Å². The molecule has 0 atom stereocenters. The van der Waals surface area contributed by atoms with Crippen LogP contribution in [0, 0.1) is 6.92 Å². The molecule has 0 unspecified atom stereocenters. The van der Waals surface area contributed by atoms with Crippen LogP contribution in [0.4, 0.5) is 0 Å². The molecule has 5 rings (SSSR count). The number of nitrogens with one attached hydrogen (secondary N) is 1. The Bertz CT molecular complexity index is 1150. The molecule has 0 saturated carbocycles. The van der Waals surface area contributed by atoms with E-state index in [0.717, 1.165) is 48.2 Å². The third-order valence-corrected chi connectivity index (χ3v) is 5.78. The maximum absolute atomic E-state index is 6.00. The number of benzene rings is 2. The van der Waals surface area contributed by atoms with Crippen molar-refractivity contribution in [3.8, 4) is 11.4 Å². The summed E-state index contributed by atoms with van der Waals surface area (Å²) in [6.07, 6.45) is 5.11. The van der Waals surface area contributed by atoms with Gasteiger partial charge in [0.05, 0.1) is 5.69 Å². The van der Waals surface area contributed by atoms with Gasteiger partial charge in [-0.25, -0.2) is 9.97 Å². The van der Waals surface area contributed by atoms with Crippen molar-refractivity contribution in [3.05, 3.63) is 82.3 Å². The molecule has 4 aromatic rings. The standard InChI is InChI=1S/C23H21ClN4/c1-15-3-2-4-20-18(12-25-22(15)20)13-28-10-9-17-11-26-23(27-21(17)14-28)16-5-7-19(24)8-6-16/h2-8,11-12,25H,9-10,13-14H2,1H3. The second-order valence-electron chi connectivity index (χ2n) is 7.44. The Morgan fingerprint density at radius 2 is 2.00 bits per heavy atom. The highest BCUT2D eigenvalue weighted by atomic mass is 35.5. The van der Waals surface area contributed by atoms with Gasteiger partial charge in [0.2, 0.25) is 0 Å². The zero-order chi connectivity index (χ0) is 19.1. The topological polar surface area (TPSA) is 44.8 Å². The molecule has 2 aromatic carbocycles. The number of aromatic nitrogens is 3. The second-order valence-corrected chi connectivity index (χ2v) is 7.88. The van der Waals surface area contributed by atoms with Gasteiger partial charge in [-0.3, -0.25) is 4.90 Å². The van der Waals surface area contributed by atoms with Crippen molar-refractivity contribution >= 4 is 22.5 Å². The first kappa shape index (κ1) is 17.4. The lowest BCUT2D eigenvalue weighted by Gasteiger charge is -2.27. The van der Waals surface area contributed by atoms with Crippen LogP contribution in [0.25, 0.3) is 22.3 Å². The average molecular weight is 389 g/mol. The van der Waals surface area contributed by atoms with Gasteiger partial charge in [-0.15, -0.1) is 0 Å². The average Bonchev–Trinajstić information content (AvgIpc) is 3.12. The van der Waals surface area contributed by atoms with E-state index in [4.69, 9.17) is 16.6 Å². The predicted molar refractivity (Wildman–Crippen MR) is 113 cm³/mol. The molecule has 3 heterocycles. The summed E-state index contributed by atoms with van der Waals surface area (Å²) in [6, 6.07) is 14.2. The Kier molecular flexibility index (Phi) is 4.38. The number of aryl methyl sites for hydroxylation is 1. The van der Waals surface area contributed by atoms with Gasteiger partial charge >= 0.3 is 0 Å². The maximum Gasteiger partial charge on any atom is 0.159 e. The number of aromatic amines is 1. The van der Waals surface area contributed by atoms with Crippen molar-refractivity contribution in [3.63, 3.8) is 0 Å². The number of para-hydroxylation sites is 1. The Balaban J connectivity index is 1.40. The van der Waals surface area contributed by atoms with Crippen LogP contribution < -0.4 is 0 Å². The van der Waals surface area contributed by atoms with Crippen molar-refractivity contribution in [2.24, 2.45) is 0 Å². The molecule has 0 amide bonds. The molecule has 2 aromatic heterocycles. The van der Waals surface area contributed by atoms with Crippen molar-refractivity contribution in [2.45, 2.75) is 26.4 Å². The second kappa shape index (κ2) is 7.04. The van der Waals surface area contributed by atoms with E-state index < -0.39 is 0 Å². The first-order valence-electron chi connectivity index (χ1n) is 9.56. The molecule has 0 fully saturated rings. The van der Waals surface area contributed by atoms with E-state index in [2.05, 4.69) is 46.2 Å². The Labute approximate surface area is 169 Å². The van der Waals surface area contributed by atoms with Gasteiger partial charge in [-0.2, -0.15) is 0 Å². The molecule has 4 nitrogen and oxygen atoms in total. The zero-order valence-corrected chi connectivity index (χ0v) is 16.5. The lowest BCUT2D eigenvalue weighted by atomic mass is 10.0. The molecule has 0 bridgehead atoms. The SMILES string of the molecule is Cc1cccc2c(CN3CCc4cnc(-c5ccc(Cl)cc5)nc4C3)c[nH]c12. The van der Waals surface area contributed by atoms with Crippen LogP contribution in [-0.2, 0) is 19.5 Å². The predicted octanol–water partition coefficient (Wildman–Crippen LogP) is 5.15. The van der Waals surface area contributed by atoms with Gasteiger partial charge in [-0.05, 0) is 54.3 Å². The van der Waals surface area contributed by atoms with Crippen molar-refractivity contribution < 1.29 is 0 Å². The van der Waals surface area contributed by atoms with E-state index in [1.165, 1.54) is 27.6 Å². The number of fused-ring (bicyclic) bond motifs is 2. The molecule has 140 valence electrons. The van der Waals surface area contributed by atoms with E-state index in [1.54, 1.807) is 0 Å². The number of halogens is 1. The molecular weight excluding hydrogens is 368 g/mol. The highest BCUT2D eigenvalue weighted by molar-refractivity contribution is 6.30. The Morgan fingerprint density at radius 1 is 1.14 bits per heavy atom. The van der Waals surface area contributed by atoms with E-state index in [1.807, 2.05) is 30.5 Å². The summed E-state index contributed by atoms with van der Waals surface area (Å²) in [6.45, 7) is 4.93. The number of nitrogens with zero attached hydrogens (tertiary/aromatic N) is 3. The molecule has 1 N–H and O–H groups in total. The minimum absolute atomic E-state index is 0.724. The molecule has 0 saturated heterocycles. The molecule has 28 heavy (non-hydrogen) atoms. The summed E-state index contributed by atoms with van der Waals surface area (Å²) >= 11 is 6.00. The summed E-state index contributed by atoms with van der Waals surface area (Å²) in [5, 5.41) is 2.04. The fourth-order valence-corrected chi connectivity index (χ4v) is 4.09. The van der Waals surface area contributed by atoms with E-state index >= 15 is 0 Å². The third kappa shape index (κ3) is 3.19. The summed E-state index contributed by atoms with van der Waals surface area (Å²) in [7, 11) is 0. The van der Waals surface area contributed by atoms with Crippen LogP contribution in [0.3, 0.4) is 0 Å². The fourth-order valence-electron chi connectivity index (χ4n) is 3.97. The summed E-state index contributed by atoms with van der Waals surface area (Å²) < 4.78 is 0. The number of H-pyrrole nitrogens is 1. The molecule has 5 heteroatoms. The number of hydrogen-bond acceptors (Lipinski definition) is 3. The van der Waals surface area contributed by atoms with Gasteiger partial charge < -0.3 is 4.98 Å². The summed E-state index contributed by atoms with van der Waals surface area (Å²) in [5.41, 5.74) is 7.24. The normalized spacial score (nSPS) is 14.4. The Hall–Kier alpha value is -2.69. The molecule has 0 spiro atoms. The Morgan fingerprint density at radius 3 is 2.86 bits per heavy atom. The smallest absolute Gasteiger partial charge is 0.159 e. The third-order valence-electron chi connectivity index (χ3n) is 5.53. The van der Waals surface area contributed by atoms with Crippen LogP contribution in [0.5, 0.6) is 0 Å². The van der Waals surface area contributed by atoms with Crippen LogP contribution >= 0.6 is 11.6 Å². The largest absolute Gasteiger partial charge is 0.361 e. The van der Waals surface area contributed by atoms with Crippen LogP contribution in [-0.4, -0.2) is 26.4 Å². The minimum atomic E-state index is 0.724. The van der Waals surface area contributed by atoms with Crippen molar-refractivity contribution in [2.75, 3.05) is 6.54 Å². The highest BCUT2D eigenvalue weighted by Gasteiger charge is 2.20. The van der Waals surface area contributed by atoms with Crippen molar-refractivity contribution in [1.82, 2.24) is 19.9 Å². The molecule has 1 aliphatic rings. The van der Waals surface area contributed by atoms with Gasteiger partial charge in [0.15, 0.2) is 5.82 Å². The summed E-state index contributed by atoms with van der Waals surface area (Å²) in [5.74, 6) is 0.764. The lowest BCUT2D eigenvalue weighted by molar-refractivity contribution is 0.242. The van der Waals surface area contributed by atoms with Crippen LogP contribution in [0.15, 0.2) is 54.9 Å². The summed E-state index contributed by atoms with van der Waals surface area (Å²) in [4.78, 5) is 15.3. The maximum atomic E-state index is 6.00. The zero-order valence-electron chi connectivity index (χ0n) is 15.7. The minimum Gasteiger partial charge on any atom is -0.361 e. The fraction of sp³-hybridized carbons (Fsp3) is 0.217. The molecule has 0 radical (unpaired) electrons. The van der Waals surface area contributed by atoms with Crippen LogP contribution in [0.2, 0.25) is 5.02 Å². The van der Waals surface area contributed by atoms with E-state index in [0.29, 0.717) is 0 Å². The number of rotatable bonds is 3. The first-order chi connectivity index (χ1) is 13.7. The number of hydrogen-bond donors (Lipinski definition) is 1. The van der Waals surface area contributed by atoms with Gasteiger partial charge in [0.1, 0.15) is 0 Å². The van der Waals surface area contributed by atoms with Crippen LogP contribution in [0.1, 0.15) is 22.4 Å². The monoisotopic (exact) mass is 388 g/mol.